The van der Waals surface area contributed by atoms with Crippen LogP contribution in [0.2, 0.25) is 0 Å². The number of hydrogen-bond donors (Lipinski definition) is 1. The molecule has 0 aliphatic rings. The van der Waals surface area contributed by atoms with Crippen molar-refractivity contribution in [2.24, 2.45) is 0 Å². The fraction of sp³-hybridized carbons (Fsp3) is 0.333. The Bertz CT molecular complexity index is 579. The zero-order valence-electron chi connectivity index (χ0n) is 13.3. The molecule has 0 spiro atoms. The first-order chi connectivity index (χ1) is 10.1. The van der Waals surface area contributed by atoms with Gasteiger partial charge in [0.05, 0.1) is 17.5 Å². The Balaban J connectivity index is 2.06. The number of hydrogen-bond acceptors (Lipinski definition) is 3. The van der Waals surface area contributed by atoms with Crippen molar-refractivity contribution in [1.29, 1.82) is 0 Å². The van der Waals surface area contributed by atoms with Gasteiger partial charge in [-0.2, -0.15) is 0 Å². The van der Waals surface area contributed by atoms with Crippen LogP contribution < -0.4 is 15.0 Å². The largest absolute Gasteiger partial charge is 0.491 e. The van der Waals surface area contributed by atoms with Gasteiger partial charge in [-0.3, -0.25) is 0 Å². The summed E-state index contributed by atoms with van der Waals surface area (Å²) in [5.74, 6) is 0.921. The minimum atomic E-state index is 0.197. The predicted octanol–water partition coefficient (Wildman–Crippen LogP) is 4.15. The fourth-order valence-electron chi connectivity index (χ4n) is 2.21. The molecule has 0 bridgehead atoms. The van der Waals surface area contributed by atoms with Gasteiger partial charge in [-0.05, 0) is 43.7 Å². The van der Waals surface area contributed by atoms with Gasteiger partial charge >= 0.3 is 0 Å². The van der Waals surface area contributed by atoms with Crippen molar-refractivity contribution in [2.45, 2.75) is 26.5 Å². The van der Waals surface area contributed by atoms with Crippen LogP contribution in [0.1, 0.15) is 19.4 Å². The molecule has 0 saturated carbocycles. The summed E-state index contributed by atoms with van der Waals surface area (Å²) in [4.78, 5) is 2.11. The van der Waals surface area contributed by atoms with Gasteiger partial charge in [0.1, 0.15) is 5.75 Å². The number of rotatable bonds is 6. The maximum Gasteiger partial charge on any atom is 0.120 e. The lowest BCUT2D eigenvalue weighted by atomic mass is 10.2. The van der Waals surface area contributed by atoms with Gasteiger partial charge in [-0.1, -0.05) is 24.3 Å². The Morgan fingerprint density at radius 3 is 2.52 bits per heavy atom. The highest BCUT2D eigenvalue weighted by atomic mass is 16.5. The van der Waals surface area contributed by atoms with E-state index in [4.69, 9.17) is 4.74 Å². The van der Waals surface area contributed by atoms with Crippen LogP contribution in [0.3, 0.4) is 0 Å². The van der Waals surface area contributed by atoms with E-state index in [1.165, 1.54) is 11.3 Å². The maximum atomic E-state index is 5.73. The number of benzene rings is 2. The van der Waals surface area contributed by atoms with Crippen molar-refractivity contribution >= 4 is 11.4 Å². The fourth-order valence-corrected chi connectivity index (χ4v) is 2.21. The Kier molecular flexibility index (Phi) is 5.09. The Hall–Kier alpha value is -2.16. The molecule has 21 heavy (non-hydrogen) atoms. The Morgan fingerprint density at radius 2 is 1.81 bits per heavy atom. The molecule has 2 aromatic carbocycles. The minimum Gasteiger partial charge on any atom is -0.491 e. The lowest BCUT2D eigenvalue weighted by Crippen LogP contribution is -2.12. The molecule has 0 aliphatic carbocycles. The molecule has 0 heterocycles. The van der Waals surface area contributed by atoms with E-state index in [2.05, 4.69) is 54.6 Å². The molecule has 2 rings (SSSR count). The summed E-state index contributed by atoms with van der Waals surface area (Å²) in [6.45, 7) is 4.86. The van der Waals surface area contributed by atoms with E-state index in [1.54, 1.807) is 0 Å². The van der Waals surface area contributed by atoms with E-state index in [0.29, 0.717) is 0 Å². The van der Waals surface area contributed by atoms with E-state index >= 15 is 0 Å². The molecule has 0 atom stereocenters. The minimum absolute atomic E-state index is 0.197. The number of nitrogens with one attached hydrogen (secondary N) is 1. The second kappa shape index (κ2) is 7.02. The third kappa shape index (κ3) is 4.42. The molecular weight excluding hydrogens is 260 g/mol. The molecule has 0 saturated heterocycles. The molecule has 0 unspecified atom stereocenters. The topological polar surface area (TPSA) is 24.5 Å². The standard InChI is InChI=1S/C18H24N2O/c1-14(2)21-16-9-7-8-15(12-16)13-19-17-10-5-6-11-18(17)20(3)4/h5-12,14,19H,13H2,1-4H3. The first-order valence-electron chi connectivity index (χ1n) is 7.32. The van der Waals surface area contributed by atoms with Crippen LogP contribution >= 0.6 is 0 Å². The smallest absolute Gasteiger partial charge is 0.120 e. The average Bonchev–Trinajstić information content (AvgIpc) is 2.45. The van der Waals surface area contributed by atoms with Crippen molar-refractivity contribution in [3.63, 3.8) is 0 Å². The Morgan fingerprint density at radius 1 is 1.05 bits per heavy atom. The van der Waals surface area contributed by atoms with Crippen LogP contribution in [0.5, 0.6) is 5.75 Å². The molecule has 3 heteroatoms. The van der Waals surface area contributed by atoms with Gasteiger partial charge in [-0.25, -0.2) is 0 Å². The molecule has 0 fully saturated rings. The highest BCUT2D eigenvalue weighted by molar-refractivity contribution is 5.69. The number of ether oxygens (including phenoxy) is 1. The van der Waals surface area contributed by atoms with Crippen LogP contribution in [-0.4, -0.2) is 20.2 Å². The molecule has 0 amide bonds. The summed E-state index contributed by atoms with van der Waals surface area (Å²) in [5.41, 5.74) is 3.53. The van der Waals surface area contributed by atoms with Crippen LogP contribution in [0.4, 0.5) is 11.4 Å². The maximum absolute atomic E-state index is 5.73. The van der Waals surface area contributed by atoms with Crippen molar-refractivity contribution in [3.05, 3.63) is 54.1 Å². The molecule has 112 valence electrons. The SMILES string of the molecule is CC(C)Oc1cccc(CNc2ccccc2N(C)C)c1. The number of nitrogens with zero attached hydrogens (tertiary/aromatic N) is 1. The highest BCUT2D eigenvalue weighted by Crippen LogP contribution is 2.24. The highest BCUT2D eigenvalue weighted by Gasteiger charge is 2.04. The van der Waals surface area contributed by atoms with Crippen LogP contribution in [0, 0.1) is 0 Å². The van der Waals surface area contributed by atoms with Crippen molar-refractivity contribution in [2.75, 3.05) is 24.3 Å². The lowest BCUT2D eigenvalue weighted by Gasteiger charge is -2.18. The summed E-state index contributed by atoms with van der Waals surface area (Å²) in [7, 11) is 4.11. The average molecular weight is 284 g/mol. The van der Waals surface area contributed by atoms with Crippen molar-refractivity contribution in [3.8, 4) is 5.75 Å². The van der Waals surface area contributed by atoms with Gasteiger partial charge in [-0.15, -0.1) is 0 Å². The molecule has 3 nitrogen and oxygen atoms in total. The third-order valence-corrected chi connectivity index (χ3v) is 3.14. The second-order valence-corrected chi connectivity index (χ2v) is 5.58. The Labute approximate surface area is 127 Å². The zero-order chi connectivity index (χ0) is 15.2. The lowest BCUT2D eigenvalue weighted by molar-refractivity contribution is 0.242. The third-order valence-electron chi connectivity index (χ3n) is 3.14. The van der Waals surface area contributed by atoms with Gasteiger partial charge in [0, 0.05) is 20.6 Å². The molecule has 0 aromatic heterocycles. The summed E-state index contributed by atoms with van der Waals surface area (Å²) < 4.78 is 5.73. The normalized spacial score (nSPS) is 10.5. The quantitative estimate of drug-likeness (QED) is 0.862. The van der Waals surface area contributed by atoms with Crippen molar-refractivity contribution in [1.82, 2.24) is 0 Å². The number of para-hydroxylation sites is 2. The van der Waals surface area contributed by atoms with Gasteiger partial charge in [0.25, 0.3) is 0 Å². The second-order valence-electron chi connectivity index (χ2n) is 5.58. The first kappa shape index (κ1) is 15.2. The van der Waals surface area contributed by atoms with E-state index in [9.17, 15) is 0 Å². The summed E-state index contributed by atoms with van der Waals surface area (Å²) in [5, 5.41) is 3.49. The molecule has 2 aromatic rings. The van der Waals surface area contributed by atoms with Gasteiger partial charge in [0.15, 0.2) is 0 Å². The van der Waals surface area contributed by atoms with Gasteiger partial charge in [0.2, 0.25) is 0 Å². The summed E-state index contributed by atoms with van der Waals surface area (Å²) in [6, 6.07) is 16.5. The van der Waals surface area contributed by atoms with E-state index in [0.717, 1.165) is 18.0 Å². The predicted molar refractivity (Wildman–Crippen MR) is 90.3 cm³/mol. The van der Waals surface area contributed by atoms with Crippen molar-refractivity contribution < 1.29 is 4.74 Å². The molecular formula is C18H24N2O. The molecule has 1 N–H and O–H groups in total. The van der Waals surface area contributed by atoms with Crippen LogP contribution in [0.15, 0.2) is 48.5 Å². The van der Waals surface area contributed by atoms with E-state index in [1.807, 2.05) is 32.0 Å². The molecule has 0 aliphatic heterocycles. The van der Waals surface area contributed by atoms with Crippen LogP contribution in [0.25, 0.3) is 0 Å². The van der Waals surface area contributed by atoms with E-state index in [-0.39, 0.29) is 6.10 Å². The number of anilines is 2. The summed E-state index contributed by atoms with van der Waals surface area (Å²) >= 11 is 0. The zero-order valence-corrected chi connectivity index (χ0v) is 13.3. The van der Waals surface area contributed by atoms with E-state index < -0.39 is 0 Å². The van der Waals surface area contributed by atoms with Gasteiger partial charge < -0.3 is 15.0 Å². The van der Waals surface area contributed by atoms with Crippen LogP contribution in [-0.2, 0) is 6.54 Å². The monoisotopic (exact) mass is 284 g/mol. The summed E-state index contributed by atoms with van der Waals surface area (Å²) in [6.07, 6.45) is 0.197. The molecule has 0 radical (unpaired) electrons. The first-order valence-corrected chi connectivity index (χ1v) is 7.32.